The number of rotatable bonds is 3. The quantitative estimate of drug-likeness (QED) is 0.528. The van der Waals surface area contributed by atoms with Crippen molar-refractivity contribution in [1.29, 1.82) is 0 Å². The fraction of sp³-hybridized carbons (Fsp3) is 0.412. The standard InChI is InChI=1S/C17H20N2O5/c1-16(2,3)17(4,5)18-14(20)12-9-10-8-11(19(22)23)6-7-13(10)24-15(12)21/h6-9H,1-5H3,(H,18,20). The molecular weight excluding hydrogens is 312 g/mol. The zero-order valence-electron chi connectivity index (χ0n) is 14.3. The van der Waals surface area contributed by atoms with E-state index in [0.29, 0.717) is 5.39 Å². The fourth-order valence-corrected chi connectivity index (χ4v) is 1.92. The normalized spacial score (nSPS) is 12.2. The molecule has 0 radical (unpaired) electrons. The third-order valence-electron chi connectivity index (χ3n) is 4.47. The topological polar surface area (TPSA) is 102 Å². The van der Waals surface area contributed by atoms with Crippen LogP contribution >= 0.6 is 0 Å². The molecule has 0 aliphatic carbocycles. The Labute approximate surface area is 138 Å². The van der Waals surface area contributed by atoms with Crippen LogP contribution in [-0.2, 0) is 0 Å². The molecule has 0 saturated heterocycles. The van der Waals surface area contributed by atoms with Crippen molar-refractivity contribution in [3.05, 3.63) is 50.4 Å². The van der Waals surface area contributed by atoms with Crippen molar-refractivity contribution >= 4 is 22.6 Å². The van der Waals surface area contributed by atoms with Crippen molar-refractivity contribution in [1.82, 2.24) is 5.32 Å². The molecule has 0 bridgehead atoms. The summed E-state index contributed by atoms with van der Waals surface area (Å²) in [4.78, 5) is 34.9. The maximum absolute atomic E-state index is 12.5. The monoisotopic (exact) mass is 332 g/mol. The highest BCUT2D eigenvalue weighted by Crippen LogP contribution is 2.29. The summed E-state index contributed by atoms with van der Waals surface area (Å²) in [6.45, 7) is 9.63. The summed E-state index contributed by atoms with van der Waals surface area (Å²) in [6.07, 6.45) is 0. The number of benzene rings is 1. The first-order valence-corrected chi connectivity index (χ1v) is 7.47. The molecule has 0 saturated carbocycles. The van der Waals surface area contributed by atoms with Crippen LogP contribution in [0.3, 0.4) is 0 Å². The van der Waals surface area contributed by atoms with Crippen molar-refractivity contribution < 1.29 is 14.1 Å². The summed E-state index contributed by atoms with van der Waals surface area (Å²) in [5.74, 6) is -0.572. The molecule has 1 amide bonds. The number of hydrogen-bond donors (Lipinski definition) is 1. The first-order valence-electron chi connectivity index (χ1n) is 7.47. The van der Waals surface area contributed by atoms with E-state index >= 15 is 0 Å². The molecule has 0 aliphatic rings. The van der Waals surface area contributed by atoms with E-state index < -0.39 is 22.0 Å². The number of carbonyl (C=O) groups excluding carboxylic acids is 1. The Hall–Kier alpha value is -2.70. The molecule has 1 aromatic carbocycles. The van der Waals surface area contributed by atoms with E-state index in [1.807, 2.05) is 34.6 Å². The number of carbonyl (C=O) groups is 1. The number of hydrogen-bond acceptors (Lipinski definition) is 5. The van der Waals surface area contributed by atoms with Crippen LogP contribution in [0.4, 0.5) is 5.69 Å². The Morgan fingerprint density at radius 2 is 1.79 bits per heavy atom. The van der Waals surface area contributed by atoms with Crippen molar-refractivity contribution in [2.24, 2.45) is 5.41 Å². The number of nitrogens with zero attached hydrogens (tertiary/aromatic N) is 1. The van der Waals surface area contributed by atoms with Crippen LogP contribution in [0.5, 0.6) is 0 Å². The van der Waals surface area contributed by atoms with Gasteiger partial charge in [-0.25, -0.2) is 4.79 Å². The minimum atomic E-state index is -0.779. The van der Waals surface area contributed by atoms with Gasteiger partial charge in [-0.05, 0) is 31.4 Å². The van der Waals surface area contributed by atoms with Crippen LogP contribution in [0.15, 0.2) is 33.5 Å². The highest BCUT2D eigenvalue weighted by molar-refractivity contribution is 5.97. The number of nitro benzene ring substituents is 1. The minimum Gasteiger partial charge on any atom is -0.422 e. The first kappa shape index (κ1) is 17.7. The van der Waals surface area contributed by atoms with Gasteiger partial charge in [0.2, 0.25) is 0 Å². The van der Waals surface area contributed by atoms with Gasteiger partial charge in [0, 0.05) is 23.1 Å². The number of amides is 1. The van der Waals surface area contributed by atoms with Gasteiger partial charge < -0.3 is 9.73 Å². The van der Waals surface area contributed by atoms with E-state index in [-0.39, 0.29) is 22.2 Å². The summed E-state index contributed by atoms with van der Waals surface area (Å²) in [7, 11) is 0. The zero-order valence-corrected chi connectivity index (χ0v) is 14.3. The maximum Gasteiger partial charge on any atom is 0.349 e. The highest BCUT2D eigenvalue weighted by Gasteiger charge is 2.35. The molecule has 1 heterocycles. The van der Waals surface area contributed by atoms with E-state index in [0.717, 1.165) is 0 Å². The largest absolute Gasteiger partial charge is 0.422 e. The summed E-state index contributed by atoms with van der Waals surface area (Å²) in [5.41, 5.74) is -1.72. The molecule has 1 aromatic heterocycles. The van der Waals surface area contributed by atoms with Crippen LogP contribution in [0.2, 0.25) is 0 Å². The molecule has 2 aromatic rings. The molecule has 0 fully saturated rings. The van der Waals surface area contributed by atoms with Gasteiger partial charge in [0.15, 0.2) is 0 Å². The second kappa shape index (κ2) is 5.74. The lowest BCUT2D eigenvalue weighted by atomic mass is 9.76. The molecule has 0 spiro atoms. The van der Waals surface area contributed by atoms with Gasteiger partial charge in [-0.2, -0.15) is 0 Å². The number of nitrogens with one attached hydrogen (secondary N) is 1. The fourth-order valence-electron chi connectivity index (χ4n) is 1.92. The van der Waals surface area contributed by atoms with Crippen LogP contribution in [0, 0.1) is 15.5 Å². The van der Waals surface area contributed by atoms with Crippen LogP contribution < -0.4 is 10.9 Å². The molecule has 24 heavy (non-hydrogen) atoms. The lowest BCUT2D eigenvalue weighted by Crippen LogP contribution is -2.53. The second-order valence-electron chi connectivity index (χ2n) is 7.26. The SMILES string of the molecule is CC(C)(C)C(C)(C)NC(=O)c1cc2cc([N+](=O)[O-])ccc2oc1=O. The van der Waals surface area contributed by atoms with Gasteiger partial charge in [0.1, 0.15) is 11.1 Å². The van der Waals surface area contributed by atoms with Crippen molar-refractivity contribution in [3.63, 3.8) is 0 Å². The zero-order chi connectivity index (χ0) is 18.3. The van der Waals surface area contributed by atoms with E-state index in [4.69, 9.17) is 4.42 Å². The molecule has 0 unspecified atom stereocenters. The Morgan fingerprint density at radius 3 is 2.33 bits per heavy atom. The Bertz CT molecular complexity index is 875. The average molecular weight is 332 g/mol. The predicted octanol–water partition coefficient (Wildman–Crippen LogP) is 3.26. The smallest absolute Gasteiger partial charge is 0.349 e. The van der Waals surface area contributed by atoms with E-state index in [2.05, 4.69) is 5.32 Å². The molecule has 7 heteroatoms. The van der Waals surface area contributed by atoms with Gasteiger partial charge in [0.25, 0.3) is 11.6 Å². The highest BCUT2D eigenvalue weighted by atomic mass is 16.6. The summed E-state index contributed by atoms with van der Waals surface area (Å²) >= 11 is 0. The minimum absolute atomic E-state index is 0.141. The number of fused-ring (bicyclic) bond motifs is 1. The lowest BCUT2D eigenvalue weighted by Gasteiger charge is -2.39. The number of nitro groups is 1. The van der Waals surface area contributed by atoms with Crippen LogP contribution in [0.25, 0.3) is 11.0 Å². The van der Waals surface area contributed by atoms with Crippen LogP contribution in [-0.4, -0.2) is 16.4 Å². The van der Waals surface area contributed by atoms with Crippen LogP contribution in [0.1, 0.15) is 45.0 Å². The summed E-state index contributed by atoms with van der Waals surface area (Å²) < 4.78 is 5.11. The number of non-ortho nitro benzene ring substituents is 1. The van der Waals surface area contributed by atoms with Crippen molar-refractivity contribution in [2.45, 2.75) is 40.2 Å². The van der Waals surface area contributed by atoms with Gasteiger partial charge in [-0.15, -0.1) is 0 Å². The van der Waals surface area contributed by atoms with Gasteiger partial charge in [-0.3, -0.25) is 14.9 Å². The molecule has 7 nitrogen and oxygen atoms in total. The predicted molar refractivity (Wildman–Crippen MR) is 90.1 cm³/mol. The maximum atomic E-state index is 12.5. The van der Waals surface area contributed by atoms with E-state index in [1.165, 1.54) is 24.3 Å². The molecule has 0 atom stereocenters. The van der Waals surface area contributed by atoms with Crippen molar-refractivity contribution in [3.8, 4) is 0 Å². The van der Waals surface area contributed by atoms with Crippen molar-refractivity contribution in [2.75, 3.05) is 0 Å². The molecule has 128 valence electrons. The average Bonchev–Trinajstić information content (AvgIpc) is 2.44. The van der Waals surface area contributed by atoms with E-state index in [9.17, 15) is 19.7 Å². The Balaban J connectivity index is 2.48. The van der Waals surface area contributed by atoms with Gasteiger partial charge in [-0.1, -0.05) is 20.8 Å². The van der Waals surface area contributed by atoms with E-state index in [1.54, 1.807) is 0 Å². The molecule has 2 rings (SSSR count). The Morgan fingerprint density at radius 1 is 1.17 bits per heavy atom. The third-order valence-corrected chi connectivity index (χ3v) is 4.47. The van der Waals surface area contributed by atoms with Gasteiger partial charge in [0.05, 0.1) is 4.92 Å². The Kier molecular flexibility index (Phi) is 4.22. The summed E-state index contributed by atoms with van der Waals surface area (Å²) in [6, 6.07) is 5.18. The lowest BCUT2D eigenvalue weighted by molar-refractivity contribution is -0.384. The molecule has 1 N–H and O–H groups in total. The second-order valence-corrected chi connectivity index (χ2v) is 7.26. The summed E-state index contributed by atoms with van der Waals surface area (Å²) in [5, 5.41) is 14.0. The molecular formula is C17H20N2O5. The first-order chi connectivity index (χ1) is 10.9. The molecule has 0 aliphatic heterocycles. The third kappa shape index (κ3) is 3.29. The van der Waals surface area contributed by atoms with Gasteiger partial charge >= 0.3 is 5.63 Å².